The van der Waals surface area contributed by atoms with Crippen LogP contribution in [0, 0.1) is 12.7 Å². The van der Waals surface area contributed by atoms with Crippen molar-refractivity contribution in [2.75, 3.05) is 18.0 Å². The number of halogens is 1. The van der Waals surface area contributed by atoms with E-state index >= 15 is 0 Å². The Morgan fingerprint density at radius 3 is 2.40 bits per heavy atom. The smallest absolute Gasteiger partial charge is 0.225 e. The number of fused-ring (bicyclic) bond motifs is 1. The summed E-state index contributed by atoms with van der Waals surface area (Å²) < 4.78 is 15.6. The topological polar surface area (TPSA) is 85.2 Å². The van der Waals surface area contributed by atoms with Crippen molar-refractivity contribution in [3.05, 3.63) is 72.3 Å². The van der Waals surface area contributed by atoms with Crippen LogP contribution < -0.4 is 10.6 Å². The van der Waals surface area contributed by atoms with Crippen molar-refractivity contribution in [1.82, 2.24) is 24.3 Å². The quantitative estimate of drug-likeness (QED) is 0.566. The maximum absolute atomic E-state index is 13.5. The molecule has 4 aromatic rings. The Morgan fingerprint density at radius 1 is 1.00 bits per heavy atom. The van der Waals surface area contributed by atoms with Crippen LogP contribution in [0.4, 0.5) is 10.3 Å². The van der Waals surface area contributed by atoms with Crippen molar-refractivity contribution in [2.24, 2.45) is 5.73 Å². The van der Waals surface area contributed by atoms with Crippen molar-refractivity contribution in [1.29, 1.82) is 0 Å². The Labute approximate surface area is 173 Å². The Morgan fingerprint density at radius 2 is 1.70 bits per heavy atom. The van der Waals surface area contributed by atoms with E-state index in [2.05, 4.69) is 19.9 Å². The van der Waals surface area contributed by atoms with E-state index in [0.29, 0.717) is 12.8 Å². The standard InChI is InChI=1S/C22H22FN7/c1-15-20-28-18(16-3-5-17(23)6-4-16)19(30(20)14-11-25-15)22(24)7-12-29(13-8-22)21-26-9-2-10-27-21/h2-6,9-11,14H,7-8,12-13,24H2,1H3. The molecule has 7 nitrogen and oxygen atoms in total. The van der Waals surface area contributed by atoms with Gasteiger partial charge in [-0.1, -0.05) is 0 Å². The lowest BCUT2D eigenvalue weighted by Crippen LogP contribution is -2.49. The van der Waals surface area contributed by atoms with Crippen molar-refractivity contribution in [3.63, 3.8) is 0 Å². The molecule has 2 N–H and O–H groups in total. The SMILES string of the molecule is Cc1nccn2c(C3(N)CCN(c4ncccn4)CC3)c(-c3ccc(F)cc3)nc12. The van der Waals surface area contributed by atoms with E-state index < -0.39 is 5.54 Å². The number of aromatic nitrogens is 5. The molecule has 0 radical (unpaired) electrons. The molecule has 1 saturated heterocycles. The largest absolute Gasteiger partial charge is 0.341 e. The van der Waals surface area contributed by atoms with Crippen LogP contribution in [0.5, 0.6) is 0 Å². The number of piperidine rings is 1. The molecular weight excluding hydrogens is 381 g/mol. The molecule has 1 aromatic carbocycles. The molecule has 8 heteroatoms. The molecule has 0 saturated carbocycles. The molecular formula is C22H22FN7. The highest BCUT2D eigenvalue weighted by atomic mass is 19.1. The molecule has 0 atom stereocenters. The lowest BCUT2D eigenvalue weighted by molar-refractivity contribution is 0.331. The van der Waals surface area contributed by atoms with Gasteiger partial charge < -0.3 is 10.6 Å². The summed E-state index contributed by atoms with van der Waals surface area (Å²) in [7, 11) is 0. The molecule has 1 aliphatic heterocycles. The number of hydrogen-bond acceptors (Lipinski definition) is 6. The Balaban J connectivity index is 1.58. The molecule has 0 bridgehead atoms. The molecule has 0 spiro atoms. The van der Waals surface area contributed by atoms with Gasteiger partial charge in [-0.25, -0.2) is 19.3 Å². The first-order valence-corrected chi connectivity index (χ1v) is 9.96. The van der Waals surface area contributed by atoms with Crippen molar-refractivity contribution in [2.45, 2.75) is 25.3 Å². The Kier molecular flexibility index (Phi) is 4.43. The van der Waals surface area contributed by atoms with Crippen molar-refractivity contribution >= 4 is 11.6 Å². The summed E-state index contributed by atoms with van der Waals surface area (Å²) in [5, 5.41) is 0. The summed E-state index contributed by atoms with van der Waals surface area (Å²) in [6.07, 6.45) is 8.60. The summed E-state index contributed by atoms with van der Waals surface area (Å²) in [5.41, 5.74) is 10.6. The average Bonchev–Trinajstić information content (AvgIpc) is 3.17. The van der Waals surface area contributed by atoms with E-state index in [4.69, 9.17) is 10.7 Å². The normalized spacial score (nSPS) is 16.2. The van der Waals surface area contributed by atoms with Gasteiger partial charge >= 0.3 is 0 Å². The molecule has 0 aliphatic carbocycles. The fraction of sp³-hybridized carbons (Fsp3) is 0.273. The minimum atomic E-state index is -0.595. The first-order valence-electron chi connectivity index (χ1n) is 9.96. The van der Waals surface area contributed by atoms with Gasteiger partial charge in [0.15, 0.2) is 5.65 Å². The highest BCUT2D eigenvalue weighted by Crippen LogP contribution is 2.38. The van der Waals surface area contributed by atoms with E-state index in [9.17, 15) is 4.39 Å². The van der Waals surface area contributed by atoms with Gasteiger partial charge in [0.25, 0.3) is 0 Å². The number of imidazole rings is 1. The average molecular weight is 403 g/mol. The van der Waals surface area contributed by atoms with Gasteiger partial charge in [0.1, 0.15) is 5.82 Å². The highest BCUT2D eigenvalue weighted by molar-refractivity contribution is 5.69. The minimum absolute atomic E-state index is 0.277. The van der Waals surface area contributed by atoms with Gasteiger partial charge in [-0.3, -0.25) is 9.38 Å². The third-order valence-electron chi connectivity index (χ3n) is 5.80. The molecule has 1 fully saturated rings. The number of rotatable bonds is 3. The van der Waals surface area contributed by atoms with Crippen LogP contribution in [0.2, 0.25) is 0 Å². The molecule has 0 unspecified atom stereocenters. The maximum atomic E-state index is 13.5. The fourth-order valence-corrected chi connectivity index (χ4v) is 4.18. The van der Waals surface area contributed by atoms with Crippen LogP contribution in [0.25, 0.3) is 16.9 Å². The van der Waals surface area contributed by atoms with E-state index in [1.165, 1.54) is 12.1 Å². The summed E-state index contributed by atoms with van der Waals surface area (Å²) in [5.74, 6) is 0.442. The third-order valence-corrected chi connectivity index (χ3v) is 5.80. The summed E-state index contributed by atoms with van der Waals surface area (Å²) in [4.78, 5) is 20.1. The zero-order valence-corrected chi connectivity index (χ0v) is 16.7. The first kappa shape index (κ1) is 18.6. The lowest BCUT2D eigenvalue weighted by atomic mass is 9.83. The van der Waals surface area contributed by atoms with Crippen LogP contribution in [0.3, 0.4) is 0 Å². The van der Waals surface area contributed by atoms with Crippen LogP contribution in [-0.4, -0.2) is 37.4 Å². The number of hydrogen-bond donors (Lipinski definition) is 1. The second-order valence-corrected chi connectivity index (χ2v) is 7.71. The van der Waals surface area contributed by atoms with E-state index in [1.807, 2.05) is 23.6 Å². The Bertz CT molecular complexity index is 1180. The molecule has 1 aliphatic rings. The number of nitrogens with two attached hydrogens (primary N) is 1. The summed E-state index contributed by atoms with van der Waals surface area (Å²) in [6.45, 7) is 3.40. The first-order chi connectivity index (χ1) is 14.5. The second kappa shape index (κ2) is 7.14. The predicted molar refractivity (Wildman–Crippen MR) is 112 cm³/mol. The van der Waals surface area contributed by atoms with Gasteiger partial charge in [-0.15, -0.1) is 0 Å². The van der Waals surface area contributed by atoms with Gasteiger partial charge in [0.05, 0.1) is 22.6 Å². The second-order valence-electron chi connectivity index (χ2n) is 7.71. The van der Waals surface area contributed by atoms with Crippen LogP contribution in [0.15, 0.2) is 55.1 Å². The number of aryl methyl sites for hydroxylation is 1. The molecule has 4 heterocycles. The van der Waals surface area contributed by atoms with Crippen LogP contribution in [0.1, 0.15) is 24.2 Å². The summed E-state index contributed by atoms with van der Waals surface area (Å²) in [6, 6.07) is 8.21. The van der Waals surface area contributed by atoms with Gasteiger partial charge in [0, 0.05) is 43.4 Å². The molecule has 5 rings (SSSR count). The minimum Gasteiger partial charge on any atom is -0.341 e. The lowest BCUT2D eigenvalue weighted by Gasteiger charge is -2.39. The van der Waals surface area contributed by atoms with Crippen molar-refractivity contribution in [3.8, 4) is 11.3 Å². The van der Waals surface area contributed by atoms with E-state index in [0.717, 1.165) is 47.3 Å². The molecule has 3 aromatic heterocycles. The van der Waals surface area contributed by atoms with E-state index in [1.54, 1.807) is 30.7 Å². The highest BCUT2D eigenvalue weighted by Gasteiger charge is 2.38. The van der Waals surface area contributed by atoms with Crippen LogP contribution >= 0.6 is 0 Å². The fourth-order valence-electron chi connectivity index (χ4n) is 4.18. The zero-order chi connectivity index (χ0) is 20.7. The summed E-state index contributed by atoms with van der Waals surface area (Å²) >= 11 is 0. The van der Waals surface area contributed by atoms with Crippen molar-refractivity contribution < 1.29 is 4.39 Å². The van der Waals surface area contributed by atoms with Gasteiger partial charge in [-0.2, -0.15) is 0 Å². The Hall–Kier alpha value is -3.39. The molecule has 152 valence electrons. The zero-order valence-electron chi connectivity index (χ0n) is 16.7. The number of nitrogens with zero attached hydrogens (tertiary/aromatic N) is 6. The maximum Gasteiger partial charge on any atom is 0.225 e. The number of benzene rings is 1. The third kappa shape index (κ3) is 3.09. The van der Waals surface area contributed by atoms with Gasteiger partial charge in [-0.05, 0) is 50.1 Å². The predicted octanol–water partition coefficient (Wildman–Crippen LogP) is 3.09. The van der Waals surface area contributed by atoms with E-state index in [-0.39, 0.29) is 5.82 Å². The van der Waals surface area contributed by atoms with Gasteiger partial charge in [0.2, 0.25) is 5.95 Å². The van der Waals surface area contributed by atoms with Crippen LogP contribution in [-0.2, 0) is 5.54 Å². The molecule has 0 amide bonds. The number of anilines is 1. The monoisotopic (exact) mass is 403 g/mol. The molecule has 30 heavy (non-hydrogen) atoms.